The lowest BCUT2D eigenvalue weighted by Crippen LogP contribution is -2.49. The number of ether oxygens (including phenoxy) is 1. The topological polar surface area (TPSA) is 49.8 Å². The number of benzene rings is 1. The van der Waals surface area contributed by atoms with Crippen LogP contribution in [0.4, 0.5) is 0 Å². The Morgan fingerprint density at radius 1 is 1.50 bits per heavy atom. The number of rotatable bonds is 5. The van der Waals surface area contributed by atoms with E-state index in [1.165, 1.54) is 0 Å². The predicted octanol–water partition coefficient (Wildman–Crippen LogP) is 3.31. The number of nitrogens with zero attached hydrogens (tertiary/aromatic N) is 1. The van der Waals surface area contributed by atoms with E-state index in [0.29, 0.717) is 35.4 Å². The standard InChI is InChI=1S/C14H17Cl2NO3/c1-14(13(18)19)5-2-6-17(14)7-8-20-12-4-3-10(15)9-11(12)16/h3-4,9H,2,5-8H2,1H3,(H,18,19). The monoisotopic (exact) mass is 317 g/mol. The number of halogens is 2. The van der Waals surface area contributed by atoms with Gasteiger partial charge in [-0.25, -0.2) is 0 Å². The van der Waals surface area contributed by atoms with Crippen molar-refractivity contribution in [2.75, 3.05) is 19.7 Å². The van der Waals surface area contributed by atoms with Crippen LogP contribution in [0.25, 0.3) is 0 Å². The molecule has 110 valence electrons. The highest BCUT2D eigenvalue weighted by atomic mass is 35.5. The van der Waals surface area contributed by atoms with E-state index >= 15 is 0 Å². The molecule has 1 unspecified atom stereocenters. The van der Waals surface area contributed by atoms with Gasteiger partial charge in [-0.1, -0.05) is 23.2 Å². The third-order valence-electron chi connectivity index (χ3n) is 3.76. The number of hydrogen-bond acceptors (Lipinski definition) is 3. The van der Waals surface area contributed by atoms with Gasteiger partial charge >= 0.3 is 5.97 Å². The molecule has 0 aromatic heterocycles. The fraction of sp³-hybridized carbons (Fsp3) is 0.500. The Bertz CT molecular complexity index is 509. The van der Waals surface area contributed by atoms with Crippen molar-refractivity contribution in [1.29, 1.82) is 0 Å². The quantitative estimate of drug-likeness (QED) is 0.905. The third kappa shape index (κ3) is 3.19. The molecule has 2 rings (SSSR count). The highest BCUT2D eigenvalue weighted by Gasteiger charge is 2.42. The van der Waals surface area contributed by atoms with Crippen LogP contribution < -0.4 is 4.74 Å². The highest BCUT2D eigenvalue weighted by Crippen LogP contribution is 2.30. The fourth-order valence-electron chi connectivity index (χ4n) is 2.48. The summed E-state index contributed by atoms with van der Waals surface area (Å²) in [6.07, 6.45) is 1.56. The SMILES string of the molecule is CC1(C(=O)O)CCCN1CCOc1ccc(Cl)cc1Cl. The average Bonchev–Trinajstić information content (AvgIpc) is 2.75. The van der Waals surface area contributed by atoms with Crippen LogP contribution in [0.3, 0.4) is 0 Å². The van der Waals surface area contributed by atoms with Gasteiger partial charge in [0.2, 0.25) is 0 Å². The Labute approximate surface area is 128 Å². The van der Waals surface area contributed by atoms with E-state index in [0.717, 1.165) is 13.0 Å². The molecule has 0 radical (unpaired) electrons. The minimum Gasteiger partial charge on any atom is -0.491 e. The Kier molecular flexibility index (Phi) is 4.78. The van der Waals surface area contributed by atoms with Gasteiger partial charge in [0.15, 0.2) is 0 Å². The van der Waals surface area contributed by atoms with Gasteiger partial charge in [0.1, 0.15) is 17.9 Å². The first-order valence-electron chi connectivity index (χ1n) is 6.50. The first kappa shape index (κ1) is 15.4. The van der Waals surface area contributed by atoms with Crippen LogP contribution in [0, 0.1) is 0 Å². The lowest BCUT2D eigenvalue weighted by atomic mass is 9.99. The number of likely N-dealkylation sites (tertiary alicyclic amines) is 1. The maximum absolute atomic E-state index is 11.3. The van der Waals surface area contributed by atoms with E-state index < -0.39 is 11.5 Å². The summed E-state index contributed by atoms with van der Waals surface area (Å²) >= 11 is 11.8. The van der Waals surface area contributed by atoms with Gasteiger partial charge in [-0.3, -0.25) is 9.69 Å². The van der Waals surface area contributed by atoms with Crippen molar-refractivity contribution in [2.24, 2.45) is 0 Å². The van der Waals surface area contributed by atoms with Crippen molar-refractivity contribution in [3.63, 3.8) is 0 Å². The molecule has 0 amide bonds. The van der Waals surface area contributed by atoms with Gasteiger partial charge in [0.25, 0.3) is 0 Å². The Morgan fingerprint density at radius 3 is 2.90 bits per heavy atom. The summed E-state index contributed by atoms with van der Waals surface area (Å²) in [6.45, 7) is 3.49. The molecule has 1 atom stereocenters. The molecule has 0 bridgehead atoms. The molecule has 1 N–H and O–H groups in total. The van der Waals surface area contributed by atoms with Gasteiger partial charge in [0, 0.05) is 11.6 Å². The van der Waals surface area contributed by atoms with Crippen LogP contribution in [0.2, 0.25) is 10.0 Å². The molecule has 0 aliphatic carbocycles. The zero-order valence-electron chi connectivity index (χ0n) is 11.2. The van der Waals surface area contributed by atoms with Crippen LogP contribution in [-0.2, 0) is 4.79 Å². The second-order valence-corrected chi connectivity index (χ2v) is 5.94. The maximum Gasteiger partial charge on any atom is 0.323 e. The van der Waals surface area contributed by atoms with Gasteiger partial charge in [0.05, 0.1) is 5.02 Å². The number of carboxylic acid groups (broad SMARTS) is 1. The second kappa shape index (κ2) is 6.20. The molecule has 1 aromatic carbocycles. The van der Waals surface area contributed by atoms with Gasteiger partial charge in [-0.05, 0) is 44.5 Å². The molecule has 1 saturated heterocycles. The summed E-state index contributed by atoms with van der Waals surface area (Å²) in [6, 6.07) is 5.04. The lowest BCUT2D eigenvalue weighted by molar-refractivity contribution is -0.148. The van der Waals surface area contributed by atoms with E-state index in [4.69, 9.17) is 27.9 Å². The molecule has 1 aliphatic rings. The molecule has 20 heavy (non-hydrogen) atoms. The zero-order valence-corrected chi connectivity index (χ0v) is 12.7. The van der Waals surface area contributed by atoms with E-state index in [1.807, 2.05) is 4.90 Å². The summed E-state index contributed by atoms with van der Waals surface area (Å²) in [5, 5.41) is 10.3. The van der Waals surface area contributed by atoms with Crippen molar-refractivity contribution in [3.05, 3.63) is 28.2 Å². The van der Waals surface area contributed by atoms with Crippen molar-refractivity contribution in [3.8, 4) is 5.75 Å². The van der Waals surface area contributed by atoms with Crippen LogP contribution >= 0.6 is 23.2 Å². The fourth-order valence-corrected chi connectivity index (χ4v) is 2.94. The molecular weight excluding hydrogens is 301 g/mol. The summed E-state index contributed by atoms with van der Waals surface area (Å²) < 4.78 is 5.60. The smallest absolute Gasteiger partial charge is 0.323 e. The summed E-state index contributed by atoms with van der Waals surface area (Å²) in [4.78, 5) is 13.3. The second-order valence-electron chi connectivity index (χ2n) is 5.09. The largest absolute Gasteiger partial charge is 0.491 e. The van der Waals surface area contributed by atoms with E-state index in [2.05, 4.69) is 0 Å². The van der Waals surface area contributed by atoms with Crippen LogP contribution in [0.5, 0.6) is 5.75 Å². The third-order valence-corrected chi connectivity index (χ3v) is 4.29. The lowest BCUT2D eigenvalue weighted by Gasteiger charge is -2.30. The normalized spacial score (nSPS) is 22.9. The van der Waals surface area contributed by atoms with Crippen LogP contribution in [0.1, 0.15) is 19.8 Å². The number of aliphatic carboxylic acids is 1. The van der Waals surface area contributed by atoms with Crippen molar-refractivity contribution >= 4 is 29.2 Å². The van der Waals surface area contributed by atoms with Crippen molar-refractivity contribution < 1.29 is 14.6 Å². The van der Waals surface area contributed by atoms with Crippen molar-refractivity contribution in [1.82, 2.24) is 4.90 Å². The number of hydrogen-bond donors (Lipinski definition) is 1. The molecule has 0 saturated carbocycles. The number of carboxylic acids is 1. The van der Waals surface area contributed by atoms with E-state index in [9.17, 15) is 9.90 Å². The molecule has 6 heteroatoms. The maximum atomic E-state index is 11.3. The summed E-state index contributed by atoms with van der Waals surface area (Å²) in [7, 11) is 0. The first-order chi connectivity index (χ1) is 9.43. The summed E-state index contributed by atoms with van der Waals surface area (Å²) in [5.74, 6) is -0.216. The first-order valence-corrected chi connectivity index (χ1v) is 7.25. The Balaban J connectivity index is 1.91. The Morgan fingerprint density at radius 2 is 2.25 bits per heavy atom. The highest BCUT2D eigenvalue weighted by molar-refractivity contribution is 6.35. The molecule has 0 spiro atoms. The molecule has 1 aliphatic heterocycles. The average molecular weight is 318 g/mol. The minimum atomic E-state index is -0.785. The molecule has 4 nitrogen and oxygen atoms in total. The molecular formula is C14H17Cl2NO3. The molecule has 1 fully saturated rings. The van der Waals surface area contributed by atoms with E-state index in [1.54, 1.807) is 25.1 Å². The van der Waals surface area contributed by atoms with E-state index in [-0.39, 0.29) is 0 Å². The Hall–Kier alpha value is -0.970. The molecule has 1 aromatic rings. The van der Waals surface area contributed by atoms with Crippen molar-refractivity contribution in [2.45, 2.75) is 25.3 Å². The summed E-state index contributed by atoms with van der Waals surface area (Å²) in [5.41, 5.74) is -0.785. The zero-order chi connectivity index (χ0) is 14.8. The van der Waals surface area contributed by atoms with Gasteiger partial charge in [-0.15, -0.1) is 0 Å². The van der Waals surface area contributed by atoms with Crippen LogP contribution in [0.15, 0.2) is 18.2 Å². The van der Waals surface area contributed by atoms with Gasteiger partial charge < -0.3 is 9.84 Å². The van der Waals surface area contributed by atoms with Gasteiger partial charge in [-0.2, -0.15) is 0 Å². The molecule has 1 heterocycles. The predicted molar refractivity (Wildman–Crippen MR) is 78.8 cm³/mol. The number of carbonyl (C=O) groups is 1. The van der Waals surface area contributed by atoms with Crippen LogP contribution in [-0.4, -0.2) is 41.2 Å². The minimum absolute atomic E-state index is 0.393.